The van der Waals surface area contributed by atoms with E-state index in [1.54, 1.807) is 0 Å². The van der Waals surface area contributed by atoms with Crippen molar-refractivity contribution in [2.45, 2.75) is 84.0 Å². The molecule has 0 bridgehead atoms. The van der Waals surface area contributed by atoms with Crippen molar-refractivity contribution in [3.05, 3.63) is 57.8 Å². The van der Waals surface area contributed by atoms with Gasteiger partial charge in [0.2, 0.25) is 0 Å². The van der Waals surface area contributed by atoms with Crippen molar-refractivity contribution in [3.63, 3.8) is 0 Å². The fourth-order valence-electron chi connectivity index (χ4n) is 6.11. The van der Waals surface area contributed by atoms with E-state index >= 15 is 0 Å². The van der Waals surface area contributed by atoms with E-state index in [1.165, 1.54) is 92.2 Å². The SMILES string of the molecule is Cc1cc(/C=C2\SC(=S)N(CCC3CCCC3)C2=O)c(C)n1-c1ccc(C2CCCCC2)cc1. The number of thioether (sulfide) groups is 1. The molecule has 1 amide bonds. The molecule has 2 aromatic rings. The lowest BCUT2D eigenvalue weighted by Gasteiger charge is -2.22. The fourth-order valence-corrected chi connectivity index (χ4v) is 7.41. The lowest BCUT2D eigenvalue weighted by molar-refractivity contribution is -0.122. The number of carbonyl (C=O) groups is 1. The molecule has 0 unspecified atom stereocenters. The maximum Gasteiger partial charge on any atom is 0.266 e. The largest absolute Gasteiger partial charge is 0.318 e. The highest BCUT2D eigenvalue weighted by atomic mass is 32.2. The van der Waals surface area contributed by atoms with E-state index in [0.29, 0.717) is 4.32 Å². The van der Waals surface area contributed by atoms with Crippen LogP contribution in [0.25, 0.3) is 11.8 Å². The van der Waals surface area contributed by atoms with Crippen LogP contribution < -0.4 is 0 Å². The number of aromatic nitrogens is 1. The molecule has 1 aromatic heterocycles. The molecule has 0 spiro atoms. The second kappa shape index (κ2) is 10.4. The van der Waals surface area contributed by atoms with E-state index < -0.39 is 0 Å². The molecule has 1 saturated heterocycles. The van der Waals surface area contributed by atoms with Crippen molar-refractivity contribution in [2.75, 3.05) is 6.54 Å². The summed E-state index contributed by atoms with van der Waals surface area (Å²) in [4.78, 5) is 15.7. The van der Waals surface area contributed by atoms with Crippen LogP contribution in [0.1, 0.15) is 92.6 Å². The van der Waals surface area contributed by atoms with Crippen LogP contribution in [0.15, 0.2) is 35.2 Å². The first-order valence-corrected chi connectivity index (χ1v) is 14.3. The highest BCUT2D eigenvalue weighted by Crippen LogP contribution is 2.36. The van der Waals surface area contributed by atoms with Gasteiger partial charge in [-0.25, -0.2) is 0 Å². The first kappa shape index (κ1) is 23.9. The Morgan fingerprint density at radius 3 is 2.38 bits per heavy atom. The number of nitrogens with zero attached hydrogens (tertiary/aromatic N) is 2. The summed E-state index contributed by atoms with van der Waals surface area (Å²) in [6.45, 7) is 5.06. The van der Waals surface area contributed by atoms with Gasteiger partial charge in [-0.1, -0.05) is 81.1 Å². The Morgan fingerprint density at radius 2 is 1.68 bits per heavy atom. The minimum absolute atomic E-state index is 0.0784. The third-order valence-corrected chi connectivity index (χ3v) is 9.47. The minimum atomic E-state index is 0.0784. The summed E-state index contributed by atoms with van der Waals surface area (Å²) in [5.41, 5.74) is 6.13. The standard InChI is InChI=1S/C29H36N2OS2/c1-20-18-25(19-27-28(32)30(29(33)34-27)17-16-22-8-6-7-9-22)21(2)31(20)26-14-12-24(13-15-26)23-10-4-3-5-11-23/h12-15,18-19,22-23H,3-11,16-17H2,1-2H3/b27-19-. The average molecular weight is 493 g/mol. The molecule has 3 nitrogen and oxygen atoms in total. The van der Waals surface area contributed by atoms with Crippen LogP contribution >= 0.6 is 24.0 Å². The molecule has 5 rings (SSSR count). The molecule has 1 aromatic carbocycles. The lowest BCUT2D eigenvalue weighted by atomic mass is 9.84. The summed E-state index contributed by atoms with van der Waals surface area (Å²) >= 11 is 7.04. The Bertz CT molecular complexity index is 1090. The van der Waals surface area contributed by atoms with E-state index in [-0.39, 0.29) is 5.91 Å². The van der Waals surface area contributed by atoms with Gasteiger partial charge in [0.15, 0.2) is 0 Å². The smallest absolute Gasteiger partial charge is 0.266 e. The lowest BCUT2D eigenvalue weighted by Crippen LogP contribution is -2.30. The molecule has 0 atom stereocenters. The second-order valence-corrected chi connectivity index (χ2v) is 12.0. The van der Waals surface area contributed by atoms with Crippen molar-refractivity contribution in [2.24, 2.45) is 5.92 Å². The number of rotatable bonds is 6. The Morgan fingerprint density at radius 1 is 1.00 bits per heavy atom. The highest BCUT2D eigenvalue weighted by Gasteiger charge is 2.32. The molecule has 3 fully saturated rings. The van der Waals surface area contributed by atoms with Gasteiger partial charge in [0.1, 0.15) is 4.32 Å². The third-order valence-electron chi connectivity index (χ3n) is 8.09. The first-order valence-electron chi connectivity index (χ1n) is 13.1. The van der Waals surface area contributed by atoms with Crippen LogP contribution in [0.3, 0.4) is 0 Å². The van der Waals surface area contributed by atoms with Crippen LogP contribution in [-0.2, 0) is 4.79 Å². The number of carbonyl (C=O) groups excluding carboxylic acids is 1. The topological polar surface area (TPSA) is 25.2 Å². The fraction of sp³-hybridized carbons (Fsp3) is 0.517. The van der Waals surface area contributed by atoms with Gasteiger partial charge < -0.3 is 4.57 Å². The molecule has 180 valence electrons. The van der Waals surface area contributed by atoms with Crippen molar-refractivity contribution in [1.29, 1.82) is 0 Å². The number of hydrogen-bond acceptors (Lipinski definition) is 3. The summed E-state index contributed by atoms with van der Waals surface area (Å²) in [7, 11) is 0. The number of thiocarbonyl (C=S) groups is 1. The molecule has 2 aliphatic carbocycles. The summed E-state index contributed by atoms with van der Waals surface area (Å²) in [5, 5.41) is 0. The molecule has 0 radical (unpaired) electrons. The van der Waals surface area contributed by atoms with E-state index in [4.69, 9.17) is 12.2 Å². The van der Waals surface area contributed by atoms with Crippen LogP contribution in [0, 0.1) is 19.8 Å². The Balaban J connectivity index is 1.32. The number of aryl methyl sites for hydroxylation is 1. The Hall–Kier alpha value is -1.85. The maximum atomic E-state index is 13.1. The third kappa shape index (κ3) is 4.92. The van der Waals surface area contributed by atoms with Crippen LogP contribution in [0.2, 0.25) is 0 Å². The molecular weight excluding hydrogens is 456 g/mol. The summed E-state index contributed by atoms with van der Waals surface area (Å²) in [5.74, 6) is 1.56. The van der Waals surface area contributed by atoms with Crippen molar-refractivity contribution in [1.82, 2.24) is 9.47 Å². The zero-order chi connectivity index (χ0) is 23.7. The molecule has 5 heteroatoms. The molecular formula is C29H36N2OS2. The van der Waals surface area contributed by atoms with E-state index in [2.05, 4.69) is 48.7 Å². The molecule has 2 saturated carbocycles. The van der Waals surface area contributed by atoms with Gasteiger partial charge in [0.25, 0.3) is 5.91 Å². The van der Waals surface area contributed by atoms with E-state index in [9.17, 15) is 4.79 Å². The summed E-state index contributed by atoms with van der Waals surface area (Å²) in [6.07, 6.45) is 15.2. The van der Waals surface area contributed by atoms with Gasteiger partial charge in [-0.05, 0) is 80.3 Å². The monoisotopic (exact) mass is 492 g/mol. The van der Waals surface area contributed by atoms with Crippen molar-refractivity contribution in [3.8, 4) is 5.69 Å². The van der Waals surface area contributed by atoms with Gasteiger partial charge in [0.05, 0.1) is 4.91 Å². The maximum absolute atomic E-state index is 13.1. The predicted molar refractivity (Wildman–Crippen MR) is 148 cm³/mol. The van der Waals surface area contributed by atoms with Crippen LogP contribution in [-0.4, -0.2) is 26.2 Å². The van der Waals surface area contributed by atoms with Gasteiger partial charge in [-0.2, -0.15) is 0 Å². The molecule has 0 N–H and O–H groups in total. The number of benzene rings is 1. The normalized spacial score (nSPS) is 21.4. The zero-order valence-electron chi connectivity index (χ0n) is 20.5. The van der Waals surface area contributed by atoms with Gasteiger partial charge in [-0.15, -0.1) is 0 Å². The Labute approximate surface area is 214 Å². The quantitative estimate of drug-likeness (QED) is 0.302. The minimum Gasteiger partial charge on any atom is -0.318 e. The van der Waals surface area contributed by atoms with Crippen LogP contribution in [0.4, 0.5) is 0 Å². The van der Waals surface area contributed by atoms with E-state index in [0.717, 1.165) is 35.3 Å². The predicted octanol–water partition coefficient (Wildman–Crippen LogP) is 7.92. The molecule has 1 aliphatic heterocycles. The van der Waals surface area contributed by atoms with Crippen molar-refractivity contribution >= 4 is 40.3 Å². The van der Waals surface area contributed by atoms with Gasteiger partial charge >= 0.3 is 0 Å². The van der Waals surface area contributed by atoms with Gasteiger partial charge in [-0.3, -0.25) is 9.69 Å². The molecule has 3 aliphatic rings. The highest BCUT2D eigenvalue weighted by molar-refractivity contribution is 8.26. The number of hydrogen-bond donors (Lipinski definition) is 0. The Kier molecular flexibility index (Phi) is 7.31. The van der Waals surface area contributed by atoms with Crippen molar-refractivity contribution < 1.29 is 4.79 Å². The molecule has 34 heavy (non-hydrogen) atoms. The zero-order valence-corrected chi connectivity index (χ0v) is 22.1. The summed E-state index contributed by atoms with van der Waals surface area (Å²) in [6, 6.07) is 11.3. The van der Waals surface area contributed by atoms with Gasteiger partial charge in [0, 0.05) is 23.6 Å². The second-order valence-electron chi connectivity index (χ2n) is 10.4. The first-order chi connectivity index (χ1) is 16.5. The van der Waals surface area contributed by atoms with E-state index in [1.807, 2.05) is 11.0 Å². The summed E-state index contributed by atoms with van der Waals surface area (Å²) < 4.78 is 3.01. The number of amides is 1. The average Bonchev–Trinajstić information content (AvgIpc) is 3.53. The van der Waals surface area contributed by atoms with Crippen LogP contribution in [0.5, 0.6) is 0 Å². The molecule has 2 heterocycles.